The molecule has 2 heterocycles. The Bertz CT molecular complexity index is 421. The molecule has 2 aliphatic rings. The fraction of sp³-hybridized carbons (Fsp3) is 0.375. The summed E-state index contributed by atoms with van der Waals surface area (Å²) in [4.78, 5) is 24.9. The molecule has 2 rings (SSSR count). The van der Waals surface area contributed by atoms with E-state index in [-0.39, 0.29) is 17.5 Å². The van der Waals surface area contributed by atoms with Crippen LogP contribution in [0.2, 0.25) is 0 Å². The lowest BCUT2D eigenvalue weighted by Crippen LogP contribution is -2.47. The highest BCUT2D eigenvalue weighted by molar-refractivity contribution is 8.04. The van der Waals surface area contributed by atoms with E-state index in [2.05, 4.69) is 0 Å². The Morgan fingerprint density at radius 3 is 2.88 bits per heavy atom. The first-order valence-corrected chi connectivity index (χ1v) is 5.78. The standard InChI is InChI=1S/C8H9N3O3S2/c9-10-4(12)1-3-7(8(13)14)11-5(15)2-6(11)16-3/h6H,1-2,9H2,(H,10,12)(H,13,14)/t6-/m0/s1. The van der Waals surface area contributed by atoms with Gasteiger partial charge in [0.15, 0.2) is 0 Å². The number of hydrogen-bond acceptors (Lipinski definition) is 5. The third kappa shape index (κ3) is 1.68. The average Bonchev–Trinajstić information content (AvgIpc) is 2.51. The Morgan fingerprint density at radius 1 is 1.69 bits per heavy atom. The summed E-state index contributed by atoms with van der Waals surface area (Å²) in [6.07, 6.45) is 0.670. The second-order valence-electron chi connectivity index (χ2n) is 3.36. The van der Waals surface area contributed by atoms with Crippen molar-refractivity contribution in [3.05, 3.63) is 10.6 Å². The molecule has 6 nitrogen and oxygen atoms in total. The number of thiocarbonyl (C=S) groups is 1. The molecule has 0 bridgehead atoms. The van der Waals surface area contributed by atoms with Crippen LogP contribution in [-0.2, 0) is 9.59 Å². The predicted molar refractivity (Wildman–Crippen MR) is 62.0 cm³/mol. The van der Waals surface area contributed by atoms with Crippen molar-refractivity contribution in [1.82, 2.24) is 10.3 Å². The summed E-state index contributed by atoms with van der Waals surface area (Å²) in [5, 5.41) is 9.11. The number of nitrogens with zero attached hydrogens (tertiary/aromatic N) is 1. The van der Waals surface area contributed by atoms with Crippen LogP contribution < -0.4 is 11.3 Å². The first kappa shape index (κ1) is 11.4. The van der Waals surface area contributed by atoms with Crippen LogP contribution in [0.4, 0.5) is 0 Å². The predicted octanol–water partition coefficient (Wildman–Crippen LogP) is -0.231. The molecule has 0 aliphatic carbocycles. The first-order chi connectivity index (χ1) is 7.54. The highest BCUT2D eigenvalue weighted by Gasteiger charge is 2.46. The number of amides is 1. The number of hydrazine groups is 1. The Labute approximate surface area is 101 Å². The molecule has 0 unspecified atom stereocenters. The van der Waals surface area contributed by atoms with E-state index in [1.165, 1.54) is 11.8 Å². The maximum Gasteiger partial charge on any atom is 0.353 e. The number of nitrogens with one attached hydrogen (secondary N) is 1. The van der Waals surface area contributed by atoms with E-state index in [9.17, 15) is 9.59 Å². The number of hydrogen-bond donors (Lipinski definition) is 3. The second kappa shape index (κ2) is 4.04. The van der Waals surface area contributed by atoms with Gasteiger partial charge in [-0.2, -0.15) is 0 Å². The van der Waals surface area contributed by atoms with Crippen LogP contribution in [0.25, 0.3) is 0 Å². The molecular weight excluding hydrogens is 250 g/mol. The number of carboxylic acid groups (broad SMARTS) is 1. The monoisotopic (exact) mass is 259 g/mol. The number of carbonyl (C=O) groups is 2. The van der Waals surface area contributed by atoms with Crippen LogP contribution in [0.15, 0.2) is 10.6 Å². The molecular formula is C8H9N3O3S2. The number of aliphatic carboxylic acids is 1. The van der Waals surface area contributed by atoms with Crippen LogP contribution in [0, 0.1) is 0 Å². The van der Waals surface area contributed by atoms with Gasteiger partial charge in [-0.25, -0.2) is 10.6 Å². The third-order valence-electron chi connectivity index (χ3n) is 2.37. The van der Waals surface area contributed by atoms with Gasteiger partial charge in [0.05, 0.1) is 16.8 Å². The number of thioether (sulfide) groups is 1. The summed E-state index contributed by atoms with van der Waals surface area (Å²) >= 11 is 6.37. The van der Waals surface area contributed by atoms with Gasteiger partial charge in [-0.05, 0) is 0 Å². The maximum atomic E-state index is 11.1. The number of rotatable bonds is 3. The highest BCUT2D eigenvalue weighted by atomic mass is 32.2. The van der Waals surface area contributed by atoms with Crippen molar-refractivity contribution in [2.45, 2.75) is 18.2 Å². The minimum absolute atomic E-state index is 0.0155. The largest absolute Gasteiger partial charge is 0.477 e. The molecule has 86 valence electrons. The minimum Gasteiger partial charge on any atom is -0.477 e. The number of nitrogens with two attached hydrogens (primary N) is 1. The Hall–Kier alpha value is -1.12. The SMILES string of the molecule is NNC(=O)CC1=C(C(=O)O)N2C(=S)C[C@@H]2S1. The Kier molecular flexibility index (Phi) is 2.87. The van der Waals surface area contributed by atoms with Crippen LogP contribution in [0.1, 0.15) is 12.8 Å². The van der Waals surface area contributed by atoms with Gasteiger partial charge in [-0.15, -0.1) is 11.8 Å². The van der Waals surface area contributed by atoms with Crippen LogP contribution in [-0.4, -0.2) is 32.2 Å². The highest BCUT2D eigenvalue weighted by Crippen LogP contribution is 2.47. The van der Waals surface area contributed by atoms with Gasteiger partial charge < -0.3 is 10.0 Å². The Morgan fingerprint density at radius 2 is 2.38 bits per heavy atom. The van der Waals surface area contributed by atoms with Crippen molar-refractivity contribution in [3.63, 3.8) is 0 Å². The summed E-state index contributed by atoms with van der Waals surface area (Å²) < 4.78 is 0. The molecule has 2 aliphatic heterocycles. The molecule has 4 N–H and O–H groups in total. The van der Waals surface area contributed by atoms with Crippen LogP contribution >= 0.6 is 24.0 Å². The van der Waals surface area contributed by atoms with E-state index in [0.717, 1.165) is 0 Å². The molecule has 0 spiro atoms. The van der Waals surface area contributed by atoms with Gasteiger partial charge in [0, 0.05) is 11.3 Å². The zero-order valence-corrected chi connectivity index (χ0v) is 9.73. The zero-order chi connectivity index (χ0) is 11.9. The van der Waals surface area contributed by atoms with E-state index in [1.54, 1.807) is 4.90 Å². The van der Waals surface area contributed by atoms with E-state index in [4.69, 9.17) is 23.2 Å². The Balaban J connectivity index is 2.25. The molecule has 0 aromatic rings. The average molecular weight is 259 g/mol. The summed E-state index contributed by atoms with van der Waals surface area (Å²) in [6.45, 7) is 0. The fourth-order valence-electron chi connectivity index (χ4n) is 1.65. The summed E-state index contributed by atoms with van der Waals surface area (Å²) in [5.74, 6) is 3.50. The molecule has 0 aromatic carbocycles. The summed E-state index contributed by atoms with van der Waals surface area (Å²) in [6, 6.07) is 0. The number of carboxylic acids is 1. The van der Waals surface area contributed by atoms with E-state index in [1.807, 2.05) is 5.43 Å². The number of fused-ring (bicyclic) bond motifs is 1. The van der Waals surface area contributed by atoms with Crippen molar-refractivity contribution in [3.8, 4) is 0 Å². The quantitative estimate of drug-likeness (QED) is 0.279. The minimum atomic E-state index is -1.06. The topological polar surface area (TPSA) is 95.7 Å². The van der Waals surface area contributed by atoms with Gasteiger partial charge in [-0.3, -0.25) is 10.2 Å². The first-order valence-electron chi connectivity index (χ1n) is 4.49. The molecule has 1 amide bonds. The molecule has 1 fully saturated rings. The smallest absolute Gasteiger partial charge is 0.353 e. The van der Waals surface area contributed by atoms with Crippen molar-refractivity contribution >= 4 is 40.8 Å². The lowest BCUT2D eigenvalue weighted by Gasteiger charge is -2.37. The van der Waals surface area contributed by atoms with Gasteiger partial charge >= 0.3 is 5.97 Å². The van der Waals surface area contributed by atoms with Crippen molar-refractivity contribution in [1.29, 1.82) is 0 Å². The molecule has 1 atom stereocenters. The third-order valence-corrected chi connectivity index (χ3v) is 4.01. The zero-order valence-electron chi connectivity index (χ0n) is 8.10. The van der Waals surface area contributed by atoms with Crippen molar-refractivity contribution in [2.75, 3.05) is 0 Å². The van der Waals surface area contributed by atoms with Crippen molar-refractivity contribution in [2.24, 2.45) is 5.84 Å². The van der Waals surface area contributed by atoms with E-state index < -0.39 is 11.9 Å². The maximum absolute atomic E-state index is 11.1. The normalized spacial score (nSPS) is 22.9. The van der Waals surface area contributed by atoms with Gasteiger partial charge in [0.1, 0.15) is 5.70 Å². The molecule has 16 heavy (non-hydrogen) atoms. The van der Waals surface area contributed by atoms with Crippen molar-refractivity contribution < 1.29 is 14.7 Å². The molecule has 0 radical (unpaired) electrons. The van der Waals surface area contributed by atoms with Gasteiger partial charge in [0.25, 0.3) is 0 Å². The summed E-state index contributed by atoms with van der Waals surface area (Å²) in [5.41, 5.74) is 2.10. The van der Waals surface area contributed by atoms with Crippen LogP contribution in [0.5, 0.6) is 0 Å². The lowest BCUT2D eigenvalue weighted by molar-refractivity contribution is -0.134. The van der Waals surface area contributed by atoms with Crippen LogP contribution in [0.3, 0.4) is 0 Å². The second-order valence-corrected chi connectivity index (χ2v) is 5.11. The molecule has 0 aromatic heterocycles. The van der Waals surface area contributed by atoms with E-state index in [0.29, 0.717) is 16.3 Å². The molecule has 1 saturated heterocycles. The van der Waals surface area contributed by atoms with Gasteiger partial charge in [-0.1, -0.05) is 12.2 Å². The number of carbonyl (C=O) groups excluding carboxylic acids is 1. The lowest BCUT2D eigenvalue weighted by atomic mass is 10.1. The molecule has 8 heteroatoms. The molecule has 0 saturated carbocycles. The van der Waals surface area contributed by atoms with E-state index >= 15 is 0 Å². The van der Waals surface area contributed by atoms with Gasteiger partial charge in [0.2, 0.25) is 5.91 Å². The fourth-order valence-corrected chi connectivity index (χ4v) is 3.62. The summed E-state index contributed by atoms with van der Waals surface area (Å²) in [7, 11) is 0.